The number of benzene rings is 1. The Balaban J connectivity index is 2.23. The maximum absolute atomic E-state index is 10.4. The van der Waals surface area contributed by atoms with Crippen LogP contribution in [0, 0.1) is 0 Å². The van der Waals surface area contributed by atoms with Crippen molar-refractivity contribution >= 4 is 27.5 Å². The van der Waals surface area contributed by atoms with Gasteiger partial charge >= 0.3 is 0 Å². The van der Waals surface area contributed by atoms with Gasteiger partial charge < -0.3 is 9.84 Å². The second-order valence-corrected chi connectivity index (χ2v) is 6.49. The molecule has 0 aliphatic heterocycles. The normalized spacial score (nSPS) is 12.7. The first kappa shape index (κ1) is 15.4. The van der Waals surface area contributed by atoms with Crippen LogP contribution in [-0.4, -0.2) is 21.8 Å². The van der Waals surface area contributed by atoms with Gasteiger partial charge in [-0.05, 0) is 41.2 Å². The number of halogens is 1. The van der Waals surface area contributed by atoms with Crippen molar-refractivity contribution in [3.8, 4) is 5.75 Å². The summed E-state index contributed by atoms with van der Waals surface area (Å²) in [5.41, 5.74) is 1.88. The molecular formula is C14H17BrN2O2S. The molecule has 0 bridgehead atoms. The minimum Gasteiger partial charge on any atom is -0.497 e. The molecule has 2 aromatic rings. The molecule has 6 heteroatoms. The van der Waals surface area contributed by atoms with Gasteiger partial charge in [-0.3, -0.25) is 0 Å². The summed E-state index contributed by atoms with van der Waals surface area (Å²) >= 11 is 4.77. The minimum absolute atomic E-state index is 0.257. The van der Waals surface area contributed by atoms with Crippen molar-refractivity contribution in [2.24, 2.45) is 0 Å². The molecule has 0 aliphatic rings. The van der Waals surface area contributed by atoms with Gasteiger partial charge in [-0.25, -0.2) is 0 Å². The molecule has 20 heavy (non-hydrogen) atoms. The monoisotopic (exact) mass is 356 g/mol. The van der Waals surface area contributed by atoms with Crippen molar-refractivity contribution in [1.29, 1.82) is 0 Å². The van der Waals surface area contributed by atoms with Crippen LogP contribution in [-0.2, 0) is 6.42 Å². The summed E-state index contributed by atoms with van der Waals surface area (Å²) in [5.74, 6) is 1.04. The molecular weight excluding hydrogens is 340 g/mol. The zero-order valence-electron chi connectivity index (χ0n) is 11.6. The maximum Gasteiger partial charge on any atom is 0.119 e. The fourth-order valence-electron chi connectivity index (χ4n) is 1.97. The van der Waals surface area contributed by atoms with Crippen LogP contribution >= 0.6 is 27.5 Å². The number of hydrogen-bond donors (Lipinski definition) is 1. The van der Waals surface area contributed by atoms with E-state index in [0.717, 1.165) is 26.4 Å². The lowest BCUT2D eigenvalue weighted by molar-refractivity contribution is 0.180. The summed E-state index contributed by atoms with van der Waals surface area (Å²) in [4.78, 5) is 0.842. The number of methoxy groups -OCH3 is 1. The molecule has 1 N–H and O–H groups in total. The fraction of sp³-hybridized carbons (Fsp3) is 0.429. The van der Waals surface area contributed by atoms with Crippen LogP contribution in [0.4, 0.5) is 0 Å². The largest absolute Gasteiger partial charge is 0.497 e. The summed E-state index contributed by atoms with van der Waals surface area (Å²) < 4.78 is 10.1. The Labute approximate surface area is 131 Å². The number of aliphatic hydroxyl groups is 1. The topological polar surface area (TPSA) is 55.2 Å². The van der Waals surface area contributed by atoms with Crippen LogP contribution in [0.5, 0.6) is 5.75 Å². The third-order valence-electron chi connectivity index (χ3n) is 3.06. The number of aromatic nitrogens is 2. The van der Waals surface area contributed by atoms with Crippen molar-refractivity contribution in [2.75, 3.05) is 7.11 Å². The number of rotatable bonds is 5. The fourth-order valence-corrected chi connectivity index (χ4v) is 3.17. The number of ether oxygens (including phenoxy) is 1. The molecule has 0 spiro atoms. The van der Waals surface area contributed by atoms with E-state index >= 15 is 0 Å². The summed E-state index contributed by atoms with van der Waals surface area (Å²) in [6.45, 7) is 4.10. The first-order chi connectivity index (χ1) is 9.52. The van der Waals surface area contributed by atoms with E-state index in [-0.39, 0.29) is 5.92 Å². The average Bonchev–Trinajstić information content (AvgIpc) is 2.90. The molecule has 1 atom stereocenters. The van der Waals surface area contributed by atoms with E-state index in [2.05, 4.69) is 39.4 Å². The Morgan fingerprint density at radius 2 is 2.15 bits per heavy atom. The molecule has 108 valence electrons. The van der Waals surface area contributed by atoms with Gasteiger partial charge in [-0.15, -0.1) is 5.10 Å². The Morgan fingerprint density at radius 1 is 1.40 bits per heavy atom. The van der Waals surface area contributed by atoms with E-state index in [1.165, 1.54) is 11.5 Å². The van der Waals surface area contributed by atoms with E-state index in [1.54, 1.807) is 7.11 Å². The molecule has 2 rings (SSSR count). The van der Waals surface area contributed by atoms with E-state index in [0.29, 0.717) is 6.42 Å². The van der Waals surface area contributed by atoms with E-state index < -0.39 is 6.10 Å². The predicted molar refractivity (Wildman–Crippen MR) is 83.4 cm³/mol. The van der Waals surface area contributed by atoms with Crippen LogP contribution in [0.2, 0.25) is 0 Å². The molecule has 1 heterocycles. The van der Waals surface area contributed by atoms with Crippen molar-refractivity contribution in [2.45, 2.75) is 32.3 Å². The van der Waals surface area contributed by atoms with Gasteiger partial charge in [0.15, 0.2) is 0 Å². The molecule has 0 amide bonds. The second-order valence-electron chi connectivity index (χ2n) is 4.85. The van der Waals surface area contributed by atoms with Gasteiger partial charge in [0.2, 0.25) is 0 Å². The maximum atomic E-state index is 10.4. The van der Waals surface area contributed by atoms with Gasteiger partial charge in [0.1, 0.15) is 5.75 Å². The summed E-state index contributed by atoms with van der Waals surface area (Å²) in [6, 6.07) is 5.74. The smallest absolute Gasteiger partial charge is 0.119 e. The van der Waals surface area contributed by atoms with Crippen LogP contribution in [0.15, 0.2) is 22.7 Å². The molecule has 0 aliphatic carbocycles. The Morgan fingerprint density at radius 3 is 2.80 bits per heavy atom. The lowest BCUT2D eigenvalue weighted by Gasteiger charge is -2.13. The quantitative estimate of drug-likeness (QED) is 0.886. The van der Waals surface area contributed by atoms with E-state index in [4.69, 9.17) is 4.74 Å². The Hall–Kier alpha value is -0.980. The first-order valence-electron chi connectivity index (χ1n) is 6.35. The number of aliphatic hydroxyl groups excluding tert-OH is 1. The molecule has 1 aromatic carbocycles. The van der Waals surface area contributed by atoms with Crippen LogP contribution < -0.4 is 4.74 Å². The molecule has 0 radical (unpaired) electrons. The molecule has 0 saturated heterocycles. The van der Waals surface area contributed by atoms with E-state index in [9.17, 15) is 5.11 Å². The van der Waals surface area contributed by atoms with Crippen molar-refractivity contribution in [1.82, 2.24) is 9.59 Å². The summed E-state index contributed by atoms with van der Waals surface area (Å²) in [6.07, 6.45) is -0.0997. The SMILES string of the molecule is COc1ccc(Br)c(CC(O)c2snnc2C(C)C)c1. The van der Waals surface area contributed by atoms with Gasteiger partial charge in [0.25, 0.3) is 0 Å². The first-order valence-corrected chi connectivity index (χ1v) is 7.92. The third kappa shape index (κ3) is 3.37. The molecule has 0 saturated carbocycles. The molecule has 4 nitrogen and oxygen atoms in total. The van der Waals surface area contributed by atoms with Gasteiger partial charge in [0.05, 0.1) is 23.8 Å². The van der Waals surface area contributed by atoms with Gasteiger partial charge in [-0.2, -0.15) is 0 Å². The number of hydrogen-bond acceptors (Lipinski definition) is 5. The van der Waals surface area contributed by atoms with Crippen LogP contribution in [0.25, 0.3) is 0 Å². The van der Waals surface area contributed by atoms with Crippen LogP contribution in [0.3, 0.4) is 0 Å². The zero-order valence-corrected chi connectivity index (χ0v) is 14.0. The van der Waals surface area contributed by atoms with Gasteiger partial charge in [-0.1, -0.05) is 34.3 Å². The average molecular weight is 357 g/mol. The standard InChI is InChI=1S/C14H17BrN2O2S/c1-8(2)13-14(20-17-16-13)12(18)7-9-6-10(19-3)4-5-11(9)15/h4-6,8,12,18H,7H2,1-3H3. The molecule has 0 fully saturated rings. The highest BCUT2D eigenvalue weighted by Crippen LogP contribution is 2.31. The zero-order chi connectivity index (χ0) is 14.7. The third-order valence-corrected chi connectivity index (χ3v) is 4.67. The van der Waals surface area contributed by atoms with Gasteiger partial charge in [0, 0.05) is 10.9 Å². The Bertz CT molecular complexity index is 586. The lowest BCUT2D eigenvalue weighted by atomic mass is 10.0. The highest BCUT2D eigenvalue weighted by atomic mass is 79.9. The van der Waals surface area contributed by atoms with Crippen molar-refractivity contribution in [3.63, 3.8) is 0 Å². The Kier molecular flexibility index (Phi) is 5.12. The number of nitrogens with zero attached hydrogens (tertiary/aromatic N) is 2. The summed E-state index contributed by atoms with van der Waals surface area (Å²) in [7, 11) is 1.63. The van der Waals surface area contributed by atoms with Crippen molar-refractivity contribution < 1.29 is 9.84 Å². The minimum atomic E-state index is -0.601. The van der Waals surface area contributed by atoms with E-state index in [1.807, 2.05) is 18.2 Å². The molecule has 1 unspecified atom stereocenters. The van der Waals surface area contributed by atoms with Crippen molar-refractivity contribution in [3.05, 3.63) is 38.8 Å². The predicted octanol–water partition coefficient (Wildman–Crippen LogP) is 3.71. The summed E-state index contributed by atoms with van der Waals surface area (Å²) in [5, 5.41) is 14.6. The lowest BCUT2D eigenvalue weighted by Crippen LogP contribution is -2.05. The van der Waals surface area contributed by atoms with Crippen LogP contribution in [0.1, 0.15) is 42.0 Å². The molecule has 1 aromatic heterocycles. The second kappa shape index (κ2) is 6.65. The highest BCUT2D eigenvalue weighted by molar-refractivity contribution is 9.10. The highest BCUT2D eigenvalue weighted by Gasteiger charge is 2.20.